The van der Waals surface area contributed by atoms with Gasteiger partial charge in [-0.1, -0.05) is 30.3 Å². The number of anilines is 3. The second kappa shape index (κ2) is 8.55. The van der Waals surface area contributed by atoms with E-state index in [1.54, 1.807) is 12.1 Å². The van der Waals surface area contributed by atoms with Crippen molar-refractivity contribution in [1.29, 1.82) is 0 Å². The maximum atomic E-state index is 12.7. The lowest BCUT2D eigenvalue weighted by Gasteiger charge is -2.10. The van der Waals surface area contributed by atoms with Crippen LogP contribution in [0.2, 0.25) is 0 Å². The predicted molar refractivity (Wildman–Crippen MR) is 137 cm³/mol. The first-order chi connectivity index (χ1) is 17.5. The standard InChI is InChI=1S/C27H20N6O3/c34-26-20(13-19-6-8-21(30-19)27(35)36)23-24(28-15-29-25(23)32-26)31-18-7-9-22-17(12-18)10-11-33(22)14-16-4-2-1-3-5-16/h1-13,15,30H,14H2,(H,35,36)(H2,28,29,31,32,34)/b20-13-. The SMILES string of the molecule is O=C1Nc2ncnc(Nc3ccc4c(ccn4Cc4ccccc4)c3)c2/C1=C/c1ccc(C(=O)O)[nH]1. The molecule has 0 fully saturated rings. The highest BCUT2D eigenvalue weighted by molar-refractivity contribution is 6.35. The maximum absolute atomic E-state index is 12.7. The Kier molecular flexibility index (Phi) is 5.07. The van der Waals surface area contributed by atoms with Gasteiger partial charge >= 0.3 is 5.97 Å². The molecule has 4 N–H and O–H groups in total. The number of aromatic nitrogens is 4. The van der Waals surface area contributed by atoms with Crippen LogP contribution < -0.4 is 10.6 Å². The number of hydrogen-bond acceptors (Lipinski definition) is 5. The number of nitrogens with one attached hydrogen (secondary N) is 3. The molecule has 0 atom stereocenters. The van der Waals surface area contributed by atoms with Crippen molar-refractivity contribution in [3.8, 4) is 0 Å². The summed E-state index contributed by atoms with van der Waals surface area (Å²) in [5, 5.41) is 16.3. The Morgan fingerprint density at radius 3 is 2.72 bits per heavy atom. The number of aromatic amines is 1. The van der Waals surface area contributed by atoms with Crippen LogP contribution in [0.1, 0.15) is 27.3 Å². The van der Waals surface area contributed by atoms with E-state index < -0.39 is 5.97 Å². The molecule has 9 nitrogen and oxygen atoms in total. The molecule has 2 aromatic carbocycles. The van der Waals surface area contributed by atoms with Crippen molar-refractivity contribution in [2.45, 2.75) is 6.54 Å². The summed E-state index contributed by atoms with van der Waals surface area (Å²) < 4.78 is 2.20. The normalized spacial score (nSPS) is 13.7. The first-order valence-corrected chi connectivity index (χ1v) is 11.3. The maximum Gasteiger partial charge on any atom is 0.352 e. The number of rotatable bonds is 6. The summed E-state index contributed by atoms with van der Waals surface area (Å²) in [6, 6.07) is 21.5. The molecule has 5 aromatic rings. The van der Waals surface area contributed by atoms with Gasteiger partial charge in [-0.3, -0.25) is 4.79 Å². The molecule has 6 rings (SSSR count). The van der Waals surface area contributed by atoms with Crippen LogP contribution in [0.3, 0.4) is 0 Å². The summed E-state index contributed by atoms with van der Waals surface area (Å²) in [5.74, 6) is -0.551. The number of amides is 1. The van der Waals surface area contributed by atoms with Gasteiger partial charge in [-0.15, -0.1) is 0 Å². The van der Waals surface area contributed by atoms with Crippen molar-refractivity contribution < 1.29 is 14.7 Å². The van der Waals surface area contributed by atoms with E-state index in [1.165, 1.54) is 18.0 Å². The average Bonchev–Trinajstić information content (AvgIpc) is 3.58. The van der Waals surface area contributed by atoms with Crippen LogP contribution in [0, 0.1) is 0 Å². The minimum absolute atomic E-state index is 0.0376. The smallest absolute Gasteiger partial charge is 0.352 e. The monoisotopic (exact) mass is 476 g/mol. The van der Waals surface area contributed by atoms with Gasteiger partial charge in [-0.2, -0.15) is 0 Å². The molecule has 0 aliphatic carbocycles. The molecule has 0 radical (unpaired) electrons. The summed E-state index contributed by atoms with van der Waals surface area (Å²) in [4.78, 5) is 35.3. The highest BCUT2D eigenvalue weighted by Gasteiger charge is 2.29. The van der Waals surface area contributed by atoms with Gasteiger partial charge in [-0.25, -0.2) is 14.8 Å². The Bertz CT molecular complexity index is 1670. The molecule has 0 spiro atoms. The molecule has 3 aromatic heterocycles. The summed E-state index contributed by atoms with van der Waals surface area (Å²) in [6.07, 6.45) is 5.04. The zero-order valence-corrected chi connectivity index (χ0v) is 18.9. The third-order valence-corrected chi connectivity index (χ3v) is 6.06. The molecule has 1 aliphatic rings. The Labute approximate surface area is 205 Å². The Morgan fingerprint density at radius 1 is 1.06 bits per heavy atom. The van der Waals surface area contributed by atoms with Crippen LogP contribution in [0.15, 0.2) is 79.3 Å². The molecule has 0 unspecified atom stereocenters. The first-order valence-electron chi connectivity index (χ1n) is 11.3. The Balaban J connectivity index is 1.32. The van der Waals surface area contributed by atoms with Gasteiger partial charge in [0.25, 0.3) is 5.91 Å². The average molecular weight is 476 g/mol. The van der Waals surface area contributed by atoms with Crippen LogP contribution in [-0.4, -0.2) is 36.5 Å². The zero-order valence-electron chi connectivity index (χ0n) is 18.9. The fraction of sp³-hybridized carbons (Fsp3) is 0.0370. The lowest BCUT2D eigenvalue weighted by molar-refractivity contribution is -0.110. The number of nitrogens with zero attached hydrogens (tertiary/aromatic N) is 3. The molecule has 0 saturated carbocycles. The predicted octanol–water partition coefficient (Wildman–Crippen LogP) is 4.74. The molecule has 9 heteroatoms. The highest BCUT2D eigenvalue weighted by Crippen LogP contribution is 2.37. The largest absolute Gasteiger partial charge is 0.477 e. The summed E-state index contributed by atoms with van der Waals surface area (Å²) in [6.45, 7) is 0.779. The van der Waals surface area contributed by atoms with E-state index in [0.29, 0.717) is 28.5 Å². The minimum Gasteiger partial charge on any atom is -0.477 e. The number of benzene rings is 2. The van der Waals surface area contributed by atoms with Gasteiger partial charge in [0.2, 0.25) is 0 Å². The van der Waals surface area contributed by atoms with Crippen LogP contribution in [-0.2, 0) is 11.3 Å². The van der Waals surface area contributed by atoms with Gasteiger partial charge in [0.15, 0.2) is 0 Å². The molecule has 1 amide bonds. The molecule has 0 bridgehead atoms. The van der Waals surface area contributed by atoms with Gasteiger partial charge in [0.1, 0.15) is 23.7 Å². The Morgan fingerprint density at radius 2 is 1.92 bits per heavy atom. The summed E-state index contributed by atoms with van der Waals surface area (Å²) >= 11 is 0. The van der Waals surface area contributed by atoms with E-state index in [1.807, 2.05) is 30.3 Å². The van der Waals surface area contributed by atoms with Crippen molar-refractivity contribution in [1.82, 2.24) is 19.5 Å². The van der Waals surface area contributed by atoms with Gasteiger partial charge in [0.05, 0.1) is 11.1 Å². The van der Waals surface area contributed by atoms with E-state index >= 15 is 0 Å². The summed E-state index contributed by atoms with van der Waals surface area (Å²) in [7, 11) is 0. The lowest BCUT2D eigenvalue weighted by Crippen LogP contribution is -2.04. The zero-order chi connectivity index (χ0) is 24.6. The fourth-order valence-electron chi connectivity index (χ4n) is 4.37. The van der Waals surface area contributed by atoms with Gasteiger partial charge in [-0.05, 0) is 48.0 Å². The quantitative estimate of drug-likeness (QED) is 0.262. The second-order valence-electron chi connectivity index (χ2n) is 8.42. The van der Waals surface area contributed by atoms with Crippen molar-refractivity contribution in [2.75, 3.05) is 10.6 Å². The number of carbonyl (C=O) groups excluding carboxylic acids is 1. The number of carbonyl (C=O) groups is 2. The molecule has 36 heavy (non-hydrogen) atoms. The summed E-state index contributed by atoms with van der Waals surface area (Å²) in [5.41, 5.74) is 4.53. The number of H-pyrrole nitrogens is 1. The van der Waals surface area contributed by atoms with Crippen LogP contribution >= 0.6 is 0 Å². The second-order valence-corrected chi connectivity index (χ2v) is 8.42. The van der Waals surface area contributed by atoms with Crippen molar-refractivity contribution in [3.63, 3.8) is 0 Å². The van der Waals surface area contributed by atoms with E-state index in [9.17, 15) is 9.59 Å². The van der Waals surface area contributed by atoms with Crippen molar-refractivity contribution in [2.24, 2.45) is 0 Å². The van der Waals surface area contributed by atoms with Crippen molar-refractivity contribution in [3.05, 3.63) is 102 Å². The van der Waals surface area contributed by atoms with E-state index in [2.05, 4.69) is 60.6 Å². The third-order valence-electron chi connectivity index (χ3n) is 6.06. The molecule has 1 aliphatic heterocycles. The topological polar surface area (TPSA) is 125 Å². The van der Waals surface area contributed by atoms with E-state index in [4.69, 9.17) is 5.11 Å². The fourth-order valence-corrected chi connectivity index (χ4v) is 4.37. The first kappa shape index (κ1) is 21.4. The molecule has 176 valence electrons. The van der Waals surface area contributed by atoms with E-state index in [-0.39, 0.29) is 11.6 Å². The number of fused-ring (bicyclic) bond motifs is 2. The van der Waals surface area contributed by atoms with Gasteiger partial charge in [0, 0.05) is 35.0 Å². The minimum atomic E-state index is -1.07. The lowest BCUT2D eigenvalue weighted by atomic mass is 10.1. The van der Waals surface area contributed by atoms with Crippen LogP contribution in [0.25, 0.3) is 22.6 Å². The molecule has 4 heterocycles. The number of carboxylic acids is 1. The number of carboxylic acid groups (broad SMARTS) is 1. The van der Waals surface area contributed by atoms with Gasteiger partial charge < -0.3 is 25.3 Å². The highest BCUT2D eigenvalue weighted by atomic mass is 16.4. The number of aromatic carboxylic acids is 1. The Hall–Kier alpha value is -5.18. The van der Waals surface area contributed by atoms with Crippen molar-refractivity contribution >= 4 is 51.8 Å². The van der Waals surface area contributed by atoms with Crippen LogP contribution in [0.4, 0.5) is 17.3 Å². The molecule has 0 saturated heterocycles. The third kappa shape index (κ3) is 3.88. The van der Waals surface area contributed by atoms with Crippen LogP contribution in [0.5, 0.6) is 0 Å². The molecular formula is C27H20N6O3. The number of hydrogen-bond donors (Lipinski definition) is 4. The van der Waals surface area contributed by atoms with E-state index in [0.717, 1.165) is 23.1 Å². The molecular weight excluding hydrogens is 456 g/mol.